The van der Waals surface area contributed by atoms with E-state index in [4.69, 9.17) is 9.15 Å². The van der Waals surface area contributed by atoms with Gasteiger partial charge in [0, 0.05) is 18.8 Å². The van der Waals surface area contributed by atoms with E-state index in [1.54, 1.807) is 24.5 Å². The molecule has 0 radical (unpaired) electrons. The van der Waals surface area contributed by atoms with Gasteiger partial charge in [0.25, 0.3) is 0 Å². The molecule has 0 bridgehead atoms. The number of hydrogen-bond acceptors (Lipinski definition) is 6. The van der Waals surface area contributed by atoms with Crippen molar-refractivity contribution in [1.82, 2.24) is 9.62 Å². The normalized spacial score (nSPS) is 16.6. The number of ether oxygens (including phenoxy) is 1. The molecule has 3 rings (SSSR count). The zero-order valence-electron chi connectivity index (χ0n) is 16.0. The molecule has 1 atom stereocenters. The molecular weight excluding hydrogens is 382 g/mol. The predicted molar refractivity (Wildman–Crippen MR) is 105 cm³/mol. The molecule has 1 aromatic heterocycles. The van der Waals surface area contributed by atoms with E-state index in [2.05, 4.69) is 10.6 Å². The van der Waals surface area contributed by atoms with Crippen molar-refractivity contribution in [1.29, 1.82) is 0 Å². The molecule has 2 aromatic rings. The Kier molecular flexibility index (Phi) is 6.50. The number of benzene rings is 1. The molecule has 1 fully saturated rings. The fourth-order valence-corrected chi connectivity index (χ4v) is 4.35. The van der Waals surface area contributed by atoms with Crippen LogP contribution in [0.25, 0.3) is 0 Å². The van der Waals surface area contributed by atoms with Crippen LogP contribution in [0.1, 0.15) is 24.3 Å². The molecule has 0 aliphatic carbocycles. The first-order valence-corrected chi connectivity index (χ1v) is 10.6. The van der Waals surface area contributed by atoms with Crippen molar-refractivity contribution in [2.45, 2.75) is 24.8 Å². The SMILES string of the molecule is Cc1ccc(S(=O)(=O)N2CCOCC2)cc1NC(=O)CN[C@@H](C)c1ccco1. The highest BCUT2D eigenvalue weighted by Crippen LogP contribution is 2.23. The predicted octanol–water partition coefficient (Wildman–Crippen LogP) is 1.90. The fraction of sp³-hybridized carbons (Fsp3) is 0.421. The molecule has 152 valence electrons. The van der Waals surface area contributed by atoms with E-state index in [1.165, 1.54) is 10.4 Å². The summed E-state index contributed by atoms with van der Waals surface area (Å²) in [6.45, 7) is 5.20. The largest absolute Gasteiger partial charge is 0.468 e. The second-order valence-corrected chi connectivity index (χ2v) is 8.60. The number of nitrogens with one attached hydrogen (secondary N) is 2. The summed E-state index contributed by atoms with van der Waals surface area (Å²) in [7, 11) is -3.62. The maximum Gasteiger partial charge on any atom is 0.243 e. The summed E-state index contributed by atoms with van der Waals surface area (Å²) in [5.41, 5.74) is 1.26. The zero-order chi connectivity index (χ0) is 20.1. The lowest BCUT2D eigenvalue weighted by Gasteiger charge is -2.26. The van der Waals surface area contributed by atoms with E-state index in [-0.39, 0.29) is 23.4 Å². The van der Waals surface area contributed by atoms with Crippen molar-refractivity contribution in [2.75, 3.05) is 38.2 Å². The van der Waals surface area contributed by atoms with Crippen LogP contribution in [0.5, 0.6) is 0 Å². The van der Waals surface area contributed by atoms with Crippen LogP contribution in [0.3, 0.4) is 0 Å². The zero-order valence-corrected chi connectivity index (χ0v) is 16.8. The number of rotatable bonds is 7. The Hall–Kier alpha value is -2.20. The van der Waals surface area contributed by atoms with Crippen LogP contribution in [0.15, 0.2) is 45.9 Å². The van der Waals surface area contributed by atoms with Crippen molar-refractivity contribution >= 4 is 21.6 Å². The number of amides is 1. The molecule has 1 aliphatic heterocycles. The van der Waals surface area contributed by atoms with Gasteiger partial charge in [-0.15, -0.1) is 0 Å². The average molecular weight is 407 g/mol. The molecule has 1 amide bonds. The Bertz CT molecular complexity index is 906. The summed E-state index contributed by atoms with van der Waals surface area (Å²) in [4.78, 5) is 12.5. The van der Waals surface area contributed by atoms with Crippen molar-refractivity contribution in [3.05, 3.63) is 47.9 Å². The summed E-state index contributed by atoms with van der Waals surface area (Å²) in [6, 6.07) is 8.27. The van der Waals surface area contributed by atoms with E-state index < -0.39 is 10.0 Å². The van der Waals surface area contributed by atoms with Crippen molar-refractivity contribution in [2.24, 2.45) is 0 Å². The summed E-state index contributed by atoms with van der Waals surface area (Å²) in [5.74, 6) is 0.477. The third-order valence-electron chi connectivity index (χ3n) is 4.63. The molecular formula is C19H25N3O5S. The van der Waals surface area contributed by atoms with Crippen LogP contribution in [-0.4, -0.2) is 51.5 Å². The summed E-state index contributed by atoms with van der Waals surface area (Å²) >= 11 is 0. The number of sulfonamides is 1. The van der Waals surface area contributed by atoms with Gasteiger partial charge in [0.1, 0.15) is 5.76 Å². The van der Waals surface area contributed by atoms with Gasteiger partial charge < -0.3 is 14.5 Å². The molecule has 8 nitrogen and oxygen atoms in total. The van der Waals surface area contributed by atoms with Gasteiger partial charge in [-0.1, -0.05) is 6.07 Å². The second-order valence-electron chi connectivity index (χ2n) is 6.66. The van der Waals surface area contributed by atoms with E-state index in [0.717, 1.165) is 11.3 Å². The highest BCUT2D eigenvalue weighted by molar-refractivity contribution is 7.89. The molecule has 2 heterocycles. The van der Waals surface area contributed by atoms with Crippen LogP contribution in [-0.2, 0) is 19.6 Å². The minimum absolute atomic E-state index is 0.0712. The lowest BCUT2D eigenvalue weighted by molar-refractivity contribution is -0.115. The molecule has 2 N–H and O–H groups in total. The number of hydrogen-bond donors (Lipinski definition) is 2. The van der Waals surface area contributed by atoms with Gasteiger partial charge in [-0.25, -0.2) is 8.42 Å². The first kappa shape index (κ1) is 20.5. The summed E-state index contributed by atoms with van der Waals surface area (Å²) in [6.07, 6.45) is 1.58. The molecule has 1 aromatic carbocycles. The minimum Gasteiger partial charge on any atom is -0.468 e. The van der Waals surface area contributed by atoms with Crippen LogP contribution in [0, 0.1) is 6.92 Å². The minimum atomic E-state index is -3.62. The van der Waals surface area contributed by atoms with Gasteiger partial charge in [-0.2, -0.15) is 4.31 Å². The van der Waals surface area contributed by atoms with Gasteiger partial charge in [0.05, 0.1) is 37.0 Å². The molecule has 9 heteroatoms. The van der Waals surface area contributed by atoms with Crippen LogP contribution < -0.4 is 10.6 Å². The Balaban J connectivity index is 1.66. The lowest BCUT2D eigenvalue weighted by atomic mass is 10.2. The van der Waals surface area contributed by atoms with Gasteiger partial charge in [0.2, 0.25) is 15.9 Å². The summed E-state index contributed by atoms with van der Waals surface area (Å²) in [5, 5.41) is 5.86. The van der Waals surface area contributed by atoms with E-state index >= 15 is 0 Å². The van der Waals surface area contributed by atoms with Crippen LogP contribution >= 0.6 is 0 Å². The van der Waals surface area contributed by atoms with E-state index in [1.807, 2.05) is 19.9 Å². The monoisotopic (exact) mass is 407 g/mol. The number of carbonyl (C=O) groups is 1. The topological polar surface area (TPSA) is 101 Å². The molecule has 28 heavy (non-hydrogen) atoms. The standard InChI is InChI=1S/C19H25N3O5S/c1-14-5-6-16(28(24,25)22-7-10-26-11-8-22)12-17(14)21-19(23)13-20-15(2)18-4-3-9-27-18/h3-6,9,12,15,20H,7-8,10-11,13H2,1-2H3,(H,21,23)/t15-/m0/s1. The highest BCUT2D eigenvalue weighted by Gasteiger charge is 2.26. The molecule has 1 aliphatic rings. The first-order chi connectivity index (χ1) is 13.4. The lowest BCUT2D eigenvalue weighted by Crippen LogP contribution is -2.40. The van der Waals surface area contributed by atoms with Crippen molar-refractivity contribution in [3.63, 3.8) is 0 Å². The molecule has 0 spiro atoms. The maximum atomic E-state index is 12.8. The molecule has 1 saturated heterocycles. The van der Waals surface area contributed by atoms with Gasteiger partial charge in [-0.05, 0) is 43.7 Å². The molecule has 0 saturated carbocycles. The Labute approximate surface area is 164 Å². The Morgan fingerprint density at radius 3 is 2.68 bits per heavy atom. The van der Waals surface area contributed by atoms with E-state index in [9.17, 15) is 13.2 Å². The molecule has 0 unspecified atom stereocenters. The number of furan rings is 1. The number of anilines is 1. The van der Waals surface area contributed by atoms with Crippen LogP contribution in [0.4, 0.5) is 5.69 Å². The number of morpholine rings is 1. The maximum absolute atomic E-state index is 12.8. The third-order valence-corrected chi connectivity index (χ3v) is 6.52. The highest BCUT2D eigenvalue weighted by atomic mass is 32.2. The van der Waals surface area contributed by atoms with Gasteiger partial charge in [-0.3, -0.25) is 10.1 Å². The third kappa shape index (κ3) is 4.79. The number of carbonyl (C=O) groups excluding carboxylic acids is 1. The quantitative estimate of drug-likeness (QED) is 0.727. The van der Waals surface area contributed by atoms with Crippen molar-refractivity contribution < 1.29 is 22.4 Å². The van der Waals surface area contributed by atoms with Gasteiger partial charge >= 0.3 is 0 Å². The first-order valence-electron chi connectivity index (χ1n) is 9.13. The van der Waals surface area contributed by atoms with E-state index in [0.29, 0.717) is 32.0 Å². The summed E-state index contributed by atoms with van der Waals surface area (Å²) < 4.78 is 37.6. The fourth-order valence-electron chi connectivity index (χ4n) is 2.91. The Morgan fingerprint density at radius 1 is 1.25 bits per heavy atom. The smallest absolute Gasteiger partial charge is 0.243 e. The van der Waals surface area contributed by atoms with Gasteiger partial charge in [0.15, 0.2) is 0 Å². The van der Waals surface area contributed by atoms with Crippen LogP contribution in [0.2, 0.25) is 0 Å². The Morgan fingerprint density at radius 2 is 2.00 bits per heavy atom. The number of nitrogens with zero attached hydrogens (tertiary/aromatic N) is 1. The average Bonchev–Trinajstić information content (AvgIpc) is 3.23. The van der Waals surface area contributed by atoms with Crippen molar-refractivity contribution in [3.8, 4) is 0 Å². The second kappa shape index (κ2) is 8.87. The number of aryl methyl sites for hydroxylation is 1.